The molecule has 1 amide bonds. The monoisotopic (exact) mass is 471 g/mol. The van der Waals surface area contributed by atoms with Gasteiger partial charge in [0.1, 0.15) is 5.75 Å². The average Bonchev–Trinajstić information content (AvgIpc) is 3.23. The first-order chi connectivity index (χ1) is 17.0. The van der Waals surface area contributed by atoms with Crippen LogP contribution >= 0.6 is 0 Å². The van der Waals surface area contributed by atoms with Gasteiger partial charge in [0.15, 0.2) is 0 Å². The van der Waals surface area contributed by atoms with Crippen LogP contribution in [-0.2, 0) is 35.3 Å². The molecule has 0 saturated heterocycles. The van der Waals surface area contributed by atoms with Gasteiger partial charge in [-0.3, -0.25) is 9.59 Å². The second-order valence-electron chi connectivity index (χ2n) is 9.09. The van der Waals surface area contributed by atoms with E-state index in [2.05, 4.69) is 48.6 Å². The fourth-order valence-electron chi connectivity index (χ4n) is 4.63. The SMILES string of the molecule is CCCCOc1cc(CCNC(=O)Cc2cccc3c2Cc2ccccc2-3)ccc1CCC(=O)O. The van der Waals surface area contributed by atoms with E-state index in [9.17, 15) is 9.59 Å². The molecule has 0 spiro atoms. The van der Waals surface area contributed by atoms with Crippen LogP contribution in [0.4, 0.5) is 0 Å². The molecule has 4 rings (SSSR count). The van der Waals surface area contributed by atoms with Crippen LogP contribution in [0.15, 0.2) is 60.7 Å². The van der Waals surface area contributed by atoms with Crippen molar-refractivity contribution in [1.82, 2.24) is 5.32 Å². The van der Waals surface area contributed by atoms with E-state index in [1.807, 2.05) is 24.3 Å². The molecule has 0 heterocycles. The molecule has 0 saturated carbocycles. The molecule has 0 fully saturated rings. The standard InChI is InChI=1S/C30H33NO4/c1-2-3-17-35-28-18-21(11-12-22(28)13-14-30(33)34)15-16-31-29(32)20-24-8-6-10-26-25-9-5-4-7-23(25)19-27(24)26/h4-12,18H,2-3,13-17,19-20H2,1H3,(H,31,32)(H,33,34). The quantitative estimate of drug-likeness (QED) is 0.273. The van der Waals surface area contributed by atoms with Gasteiger partial charge in [-0.05, 0) is 70.7 Å². The highest BCUT2D eigenvalue weighted by molar-refractivity contribution is 5.83. The number of hydrogen-bond acceptors (Lipinski definition) is 3. The molecule has 3 aromatic rings. The number of unbranched alkanes of at least 4 members (excludes halogenated alkanes) is 1. The van der Waals surface area contributed by atoms with Crippen LogP contribution in [0.1, 0.15) is 54.0 Å². The van der Waals surface area contributed by atoms with Crippen molar-refractivity contribution in [3.05, 3.63) is 88.5 Å². The maximum atomic E-state index is 12.7. The van der Waals surface area contributed by atoms with E-state index in [1.165, 1.54) is 22.3 Å². The molecule has 5 heteroatoms. The highest BCUT2D eigenvalue weighted by Gasteiger charge is 2.21. The number of hydrogen-bond donors (Lipinski definition) is 2. The van der Waals surface area contributed by atoms with Crippen molar-refractivity contribution in [3.8, 4) is 16.9 Å². The van der Waals surface area contributed by atoms with Crippen LogP contribution in [0.25, 0.3) is 11.1 Å². The second kappa shape index (κ2) is 11.7. The minimum atomic E-state index is -0.816. The first-order valence-electron chi connectivity index (χ1n) is 12.5. The van der Waals surface area contributed by atoms with Crippen LogP contribution in [0, 0.1) is 0 Å². The zero-order valence-electron chi connectivity index (χ0n) is 20.3. The zero-order chi connectivity index (χ0) is 24.6. The van der Waals surface area contributed by atoms with Crippen molar-refractivity contribution in [1.29, 1.82) is 0 Å². The molecule has 0 aliphatic heterocycles. The summed E-state index contributed by atoms with van der Waals surface area (Å²) in [5, 5.41) is 12.1. The number of carboxylic acid groups (broad SMARTS) is 1. The van der Waals surface area contributed by atoms with Crippen LogP contribution in [-0.4, -0.2) is 30.1 Å². The highest BCUT2D eigenvalue weighted by Crippen LogP contribution is 2.38. The Bertz CT molecular complexity index is 1200. The third-order valence-corrected chi connectivity index (χ3v) is 6.53. The first kappa shape index (κ1) is 24.5. The first-order valence-corrected chi connectivity index (χ1v) is 12.5. The summed E-state index contributed by atoms with van der Waals surface area (Å²) in [7, 11) is 0. The van der Waals surface area contributed by atoms with Crippen molar-refractivity contribution >= 4 is 11.9 Å². The summed E-state index contributed by atoms with van der Waals surface area (Å²) in [4.78, 5) is 23.7. The van der Waals surface area contributed by atoms with Crippen LogP contribution < -0.4 is 10.1 Å². The van der Waals surface area contributed by atoms with Crippen molar-refractivity contribution < 1.29 is 19.4 Å². The third kappa shape index (κ3) is 6.30. The van der Waals surface area contributed by atoms with Gasteiger partial charge in [-0.2, -0.15) is 0 Å². The molecule has 0 atom stereocenters. The van der Waals surface area contributed by atoms with E-state index in [4.69, 9.17) is 9.84 Å². The largest absolute Gasteiger partial charge is 0.493 e. The molecule has 35 heavy (non-hydrogen) atoms. The van der Waals surface area contributed by atoms with Gasteiger partial charge in [0.2, 0.25) is 5.91 Å². The number of carbonyl (C=O) groups is 2. The smallest absolute Gasteiger partial charge is 0.303 e. The molecule has 0 aromatic heterocycles. The summed E-state index contributed by atoms with van der Waals surface area (Å²) in [6, 6.07) is 20.6. The summed E-state index contributed by atoms with van der Waals surface area (Å²) < 4.78 is 5.95. The Labute approximate surface area is 207 Å². The number of carboxylic acids is 1. The normalized spacial score (nSPS) is 11.6. The number of nitrogens with one attached hydrogen (secondary N) is 1. The Balaban J connectivity index is 1.34. The average molecular weight is 472 g/mol. The highest BCUT2D eigenvalue weighted by atomic mass is 16.5. The molecule has 2 N–H and O–H groups in total. The van der Waals surface area contributed by atoms with Gasteiger partial charge in [0.05, 0.1) is 13.0 Å². The lowest BCUT2D eigenvalue weighted by molar-refractivity contribution is -0.137. The van der Waals surface area contributed by atoms with Gasteiger partial charge in [0, 0.05) is 13.0 Å². The van der Waals surface area contributed by atoms with Crippen molar-refractivity contribution in [3.63, 3.8) is 0 Å². The fourth-order valence-corrected chi connectivity index (χ4v) is 4.63. The lowest BCUT2D eigenvalue weighted by Gasteiger charge is -2.13. The van der Waals surface area contributed by atoms with E-state index < -0.39 is 5.97 Å². The van der Waals surface area contributed by atoms with E-state index in [-0.39, 0.29) is 12.3 Å². The number of benzene rings is 3. The molecular formula is C30H33NO4. The van der Waals surface area contributed by atoms with Crippen LogP contribution in [0.2, 0.25) is 0 Å². The Morgan fingerprint density at radius 1 is 0.971 bits per heavy atom. The van der Waals surface area contributed by atoms with Gasteiger partial charge in [-0.1, -0.05) is 67.9 Å². The minimum Gasteiger partial charge on any atom is -0.493 e. The molecule has 0 unspecified atom stereocenters. The summed E-state index contributed by atoms with van der Waals surface area (Å²) in [5.41, 5.74) is 8.15. The molecule has 0 bridgehead atoms. The lowest BCUT2D eigenvalue weighted by Crippen LogP contribution is -2.27. The number of amides is 1. The summed E-state index contributed by atoms with van der Waals surface area (Å²) in [5.74, 6) is -0.0426. The maximum Gasteiger partial charge on any atom is 0.303 e. The minimum absolute atomic E-state index is 0.0202. The Hall–Kier alpha value is -3.60. The molecule has 0 radical (unpaired) electrons. The number of aryl methyl sites for hydroxylation is 1. The molecule has 3 aromatic carbocycles. The number of ether oxygens (including phenoxy) is 1. The molecular weight excluding hydrogens is 438 g/mol. The van der Waals surface area contributed by atoms with Crippen molar-refractivity contribution in [2.24, 2.45) is 0 Å². The Kier molecular flexibility index (Phi) is 8.19. The van der Waals surface area contributed by atoms with E-state index in [0.717, 1.165) is 41.7 Å². The number of aliphatic carboxylic acids is 1. The Morgan fingerprint density at radius 3 is 2.63 bits per heavy atom. The zero-order valence-corrected chi connectivity index (χ0v) is 20.3. The molecule has 1 aliphatic carbocycles. The third-order valence-electron chi connectivity index (χ3n) is 6.53. The van der Waals surface area contributed by atoms with Crippen molar-refractivity contribution in [2.45, 2.75) is 51.9 Å². The topological polar surface area (TPSA) is 75.6 Å². The molecule has 1 aliphatic rings. The van der Waals surface area contributed by atoms with E-state index in [0.29, 0.717) is 32.4 Å². The fraction of sp³-hybridized carbons (Fsp3) is 0.333. The lowest BCUT2D eigenvalue weighted by atomic mass is 9.99. The van der Waals surface area contributed by atoms with Gasteiger partial charge < -0.3 is 15.2 Å². The number of rotatable bonds is 12. The van der Waals surface area contributed by atoms with Gasteiger partial charge in [-0.25, -0.2) is 0 Å². The predicted molar refractivity (Wildman–Crippen MR) is 138 cm³/mol. The van der Waals surface area contributed by atoms with E-state index in [1.54, 1.807) is 0 Å². The van der Waals surface area contributed by atoms with Gasteiger partial charge in [0.25, 0.3) is 0 Å². The second-order valence-corrected chi connectivity index (χ2v) is 9.09. The summed E-state index contributed by atoms with van der Waals surface area (Å²) >= 11 is 0. The Morgan fingerprint density at radius 2 is 1.80 bits per heavy atom. The number of fused-ring (bicyclic) bond motifs is 3. The predicted octanol–water partition coefficient (Wildman–Crippen LogP) is 5.36. The van der Waals surface area contributed by atoms with Crippen LogP contribution in [0.5, 0.6) is 5.75 Å². The summed E-state index contributed by atoms with van der Waals surface area (Å²) in [6.07, 6.45) is 4.45. The van der Waals surface area contributed by atoms with E-state index >= 15 is 0 Å². The van der Waals surface area contributed by atoms with Gasteiger partial charge in [-0.15, -0.1) is 0 Å². The van der Waals surface area contributed by atoms with Gasteiger partial charge >= 0.3 is 5.97 Å². The molecule has 182 valence electrons. The van der Waals surface area contributed by atoms with Crippen molar-refractivity contribution in [2.75, 3.05) is 13.2 Å². The van der Waals surface area contributed by atoms with Crippen LogP contribution in [0.3, 0.4) is 0 Å². The maximum absolute atomic E-state index is 12.7. The summed E-state index contributed by atoms with van der Waals surface area (Å²) in [6.45, 7) is 3.26. The molecule has 5 nitrogen and oxygen atoms in total. The number of carbonyl (C=O) groups excluding carboxylic acids is 1.